The molecule has 7 heteroatoms. The van der Waals surface area contributed by atoms with Crippen molar-refractivity contribution in [1.82, 2.24) is 4.98 Å². The smallest absolute Gasteiger partial charge is 0.255 e. The average molecular weight is 405 g/mol. The fraction of sp³-hybridized carbons (Fsp3) is 0.174. The second kappa shape index (κ2) is 9.56. The molecule has 0 unspecified atom stereocenters. The first kappa shape index (κ1) is 20.9. The highest BCUT2D eigenvalue weighted by molar-refractivity contribution is 6.06. The van der Waals surface area contributed by atoms with E-state index in [1.54, 1.807) is 67.0 Å². The van der Waals surface area contributed by atoms with Gasteiger partial charge in [-0.15, -0.1) is 0 Å². The van der Waals surface area contributed by atoms with Crippen molar-refractivity contribution in [2.24, 2.45) is 0 Å². The lowest BCUT2D eigenvalue weighted by atomic mass is 10.1. The molecule has 30 heavy (non-hydrogen) atoms. The number of rotatable bonds is 7. The third-order valence-electron chi connectivity index (χ3n) is 4.11. The Balaban J connectivity index is 1.71. The molecule has 0 saturated heterocycles. The van der Waals surface area contributed by atoms with Crippen LogP contribution in [0, 0.1) is 0 Å². The van der Waals surface area contributed by atoms with E-state index in [1.165, 1.54) is 7.11 Å². The van der Waals surface area contributed by atoms with Crippen LogP contribution in [0.3, 0.4) is 0 Å². The molecule has 3 rings (SSSR count). The lowest BCUT2D eigenvalue weighted by molar-refractivity contribution is 0.101. The molecule has 0 aliphatic heterocycles. The first-order chi connectivity index (χ1) is 14.5. The molecule has 154 valence electrons. The highest BCUT2D eigenvalue weighted by Gasteiger charge is 2.13. The molecule has 3 aromatic rings. The Kier molecular flexibility index (Phi) is 6.64. The van der Waals surface area contributed by atoms with Gasteiger partial charge in [-0.1, -0.05) is 6.07 Å². The van der Waals surface area contributed by atoms with Gasteiger partial charge in [-0.3, -0.25) is 14.6 Å². The largest absolute Gasteiger partial charge is 0.493 e. The Bertz CT molecular complexity index is 1040. The predicted molar refractivity (Wildman–Crippen MR) is 115 cm³/mol. The summed E-state index contributed by atoms with van der Waals surface area (Å²) in [5.74, 6) is 0.493. The Morgan fingerprint density at radius 1 is 0.833 bits per heavy atom. The molecule has 2 N–H and O–H groups in total. The van der Waals surface area contributed by atoms with E-state index >= 15 is 0 Å². The molecule has 2 amide bonds. The number of benzene rings is 2. The van der Waals surface area contributed by atoms with Crippen molar-refractivity contribution in [2.45, 2.75) is 20.0 Å². The van der Waals surface area contributed by atoms with Crippen molar-refractivity contribution in [3.63, 3.8) is 0 Å². The van der Waals surface area contributed by atoms with E-state index in [-0.39, 0.29) is 17.9 Å². The van der Waals surface area contributed by atoms with Gasteiger partial charge in [0.05, 0.1) is 13.2 Å². The number of pyridine rings is 1. The number of anilines is 2. The van der Waals surface area contributed by atoms with Crippen LogP contribution in [0.2, 0.25) is 0 Å². The fourth-order valence-corrected chi connectivity index (χ4v) is 2.74. The average Bonchev–Trinajstić information content (AvgIpc) is 2.74. The standard InChI is InChI=1S/C23H23N3O4/c1-15(2)30-20-8-7-17(13-21(20)29-3)23(28)26-19-6-4-5-18(14-19)25-22(27)16-9-11-24-12-10-16/h4-15H,1-3H3,(H,25,27)(H,26,28). The van der Waals surface area contributed by atoms with Crippen molar-refractivity contribution in [1.29, 1.82) is 0 Å². The third-order valence-corrected chi connectivity index (χ3v) is 4.11. The molecule has 0 atom stereocenters. The Hall–Kier alpha value is -3.87. The van der Waals surface area contributed by atoms with E-state index in [0.29, 0.717) is 34.0 Å². The van der Waals surface area contributed by atoms with Gasteiger partial charge >= 0.3 is 0 Å². The summed E-state index contributed by atoms with van der Waals surface area (Å²) in [6.07, 6.45) is 3.10. The van der Waals surface area contributed by atoms with Gasteiger partial charge in [-0.2, -0.15) is 0 Å². The molecule has 0 aliphatic carbocycles. The lowest BCUT2D eigenvalue weighted by Crippen LogP contribution is -2.14. The maximum atomic E-state index is 12.7. The number of ether oxygens (including phenoxy) is 2. The molecule has 0 saturated carbocycles. The van der Waals surface area contributed by atoms with Crippen molar-refractivity contribution < 1.29 is 19.1 Å². The zero-order chi connectivity index (χ0) is 21.5. The SMILES string of the molecule is COc1cc(C(=O)Nc2cccc(NC(=O)c3ccncc3)c2)ccc1OC(C)C. The zero-order valence-electron chi connectivity index (χ0n) is 17.0. The zero-order valence-corrected chi connectivity index (χ0v) is 17.0. The molecular formula is C23H23N3O4. The first-order valence-electron chi connectivity index (χ1n) is 9.43. The van der Waals surface area contributed by atoms with E-state index in [9.17, 15) is 9.59 Å². The highest BCUT2D eigenvalue weighted by atomic mass is 16.5. The number of hydrogen-bond donors (Lipinski definition) is 2. The molecule has 0 bridgehead atoms. The molecular weight excluding hydrogens is 382 g/mol. The summed E-state index contributed by atoms with van der Waals surface area (Å²) in [7, 11) is 1.53. The Morgan fingerprint density at radius 2 is 1.47 bits per heavy atom. The minimum atomic E-state index is -0.304. The summed E-state index contributed by atoms with van der Waals surface area (Å²) in [5, 5.41) is 5.63. The first-order valence-corrected chi connectivity index (χ1v) is 9.43. The predicted octanol–water partition coefficient (Wildman–Crippen LogP) is 4.38. The highest BCUT2D eigenvalue weighted by Crippen LogP contribution is 2.29. The normalized spacial score (nSPS) is 10.4. The molecule has 2 aromatic carbocycles. The van der Waals surface area contributed by atoms with Crippen molar-refractivity contribution in [3.8, 4) is 11.5 Å². The number of methoxy groups -OCH3 is 1. The van der Waals surface area contributed by atoms with Gasteiger partial charge in [0.25, 0.3) is 11.8 Å². The van der Waals surface area contributed by atoms with E-state index in [0.717, 1.165) is 0 Å². The van der Waals surface area contributed by atoms with Crippen LogP contribution in [-0.4, -0.2) is 30.0 Å². The van der Waals surface area contributed by atoms with Crippen LogP contribution in [0.4, 0.5) is 11.4 Å². The van der Waals surface area contributed by atoms with E-state index in [4.69, 9.17) is 9.47 Å². The second-order valence-corrected chi connectivity index (χ2v) is 6.76. The third kappa shape index (κ3) is 5.35. The molecule has 7 nitrogen and oxygen atoms in total. The van der Waals surface area contributed by atoms with Gasteiger partial charge in [0.2, 0.25) is 0 Å². The maximum absolute atomic E-state index is 12.7. The van der Waals surface area contributed by atoms with Crippen LogP contribution in [-0.2, 0) is 0 Å². The summed E-state index contributed by atoms with van der Waals surface area (Å²) >= 11 is 0. The summed E-state index contributed by atoms with van der Waals surface area (Å²) in [6.45, 7) is 3.83. The number of aromatic nitrogens is 1. The van der Waals surface area contributed by atoms with Crippen LogP contribution >= 0.6 is 0 Å². The number of nitrogens with one attached hydrogen (secondary N) is 2. The van der Waals surface area contributed by atoms with Crippen LogP contribution < -0.4 is 20.1 Å². The summed E-state index contributed by atoms with van der Waals surface area (Å²) in [4.78, 5) is 28.9. The fourth-order valence-electron chi connectivity index (χ4n) is 2.74. The Morgan fingerprint density at radius 3 is 2.07 bits per heavy atom. The second-order valence-electron chi connectivity index (χ2n) is 6.76. The molecule has 0 aliphatic rings. The van der Waals surface area contributed by atoms with E-state index in [2.05, 4.69) is 15.6 Å². The van der Waals surface area contributed by atoms with Crippen LogP contribution in [0.5, 0.6) is 11.5 Å². The van der Waals surface area contributed by atoms with Crippen LogP contribution in [0.15, 0.2) is 67.0 Å². The maximum Gasteiger partial charge on any atom is 0.255 e. The minimum Gasteiger partial charge on any atom is -0.493 e. The molecule has 0 fully saturated rings. The lowest BCUT2D eigenvalue weighted by Gasteiger charge is -2.14. The number of carbonyl (C=O) groups excluding carboxylic acids is 2. The topological polar surface area (TPSA) is 89.6 Å². The van der Waals surface area contributed by atoms with Gasteiger partial charge in [0.15, 0.2) is 11.5 Å². The van der Waals surface area contributed by atoms with Gasteiger partial charge in [-0.05, 0) is 62.4 Å². The number of hydrogen-bond acceptors (Lipinski definition) is 5. The van der Waals surface area contributed by atoms with Crippen molar-refractivity contribution in [2.75, 3.05) is 17.7 Å². The monoisotopic (exact) mass is 405 g/mol. The van der Waals surface area contributed by atoms with Gasteiger partial charge in [0, 0.05) is 34.9 Å². The van der Waals surface area contributed by atoms with Gasteiger partial charge < -0.3 is 20.1 Å². The molecule has 0 spiro atoms. The molecule has 1 heterocycles. The summed E-state index contributed by atoms with van der Waals surface area (Å²) in [6, 6.07) is 15.2. The molecule has 0 radical (unpaired) electrons. The summed E-state index contributed by atoms with van der Waals surface area (Å²) < 4.78 is 11.0. The van der Waals surface area contributed by atoms with E-state index < -0.39 is 0 Å². The number of carbonyl (C=O) groups is 2. The van der Waals surface area contributed by atoms with Crippen LogP contribution in [0.1, 0.15) is 34.6 Å². The van der Waals surface area contributed by atoms with Crippen LogP contribution in [0.25, 0.3) is 0 Å². The Labute approximate surface area is 175 Å². The van der Waals surface area contributed by atoms with Crippen molar-refractivity contribution >= 4 is 23.2 Å². The number of amides is 2. The van der Waals surface area contributed by atoms with Crippen molar-refractivity contribution in [3.05, 3.63) is 78.1 Å². The van der Waals surface area contributed by atoms with Gasteiger partial charge in [-0.25, -0.2) is 0 Å². The summed E-state index contributed by atoms with van der Waals surface area (Å²) in [5.41, 5.74) is 2.03. The number of nitrogens with zero attached hydrogens (tertiary/aromatic N) is 1. The van der Waals surface area contributed by atoms with Gasteiger partial charge in [0.1, 0.15) is 0 Å². The molecule has 1 aromatic heterocycles. The minimum absolute atomic E-state index is 0.0105. The van der Waals surface area contributed by atoms with E-state index in [1.807, 2.05) is 13.8 Å². The quantitative estimate of drug-likeness (QED) is 0.609.